The highest BCUT2D eigenvalue weighted by molar-refractivity contribution is 7.22. The summed E-state index contributed by atoms with van der Waals surface area (Å²) in [5.41, 5.74) is 1.85. The summed E-state index contributed by atoms with van der Waals surface area (Å²) in [6.07, 6.45) is 1.83. The molecule has 2 aromatic rings. The standard InChI is InChI=1S/C17H22N4O2S.ClH/c22-16(12-3-5-18-6-4-12)19-13-1-2-14-15(11-13)24-17(20-14)21-7-9-23-10-8-21;/h1-2,11-12,18H,3-10H2,(H,19,22);1H. The lowest BCUT2D eigenvalue weighted by atomic mass is 9.97. The van der Waals surface area contributed by atoms with Gasteiger partial charge in [0.15, 0.2) is 5.13 Å². The Balaban J connectivity index is 0.00000182. The number of hydrogen-bond donors (Lipinski definition) is 2. The fourth-order valence-corrected chi connectivity index (χ4v) is 4.27. The van der Waals surface area contributed by atoms with Gasteiger partial charge in [-0.15, -0.1) is 12.4 Å². The van der Waals surface area contributed by atoms with E-state index in [1.807, 2.05) is 18.2 Å². The number of anilines is 2. The van der Waals surface area contributed by atoms with E-state index in [4.69, 9.17) is 9.72 Å². The van der Waals surface area contributed by atoms with E-state index in [0.29, 0.717) is 0 Å². The van der Waals surface area contributed by atoms with E-state index < -0.39 is 0 Å². The number of carbonyl (C=O) groups is 1. The Morgan fingerprint density at radius 3 is 2.80 bits per heavy atom. The predicted molar refractivity (Wildman–Crippen MR) is 104 cm³/mol. The van der Waals surface area contributed by atoms with E-state index in [2.05, 4.69) is 15.5 Å². The van der Waals surface area contributed by atoms with Crippen LogP contribution in [0.15, 0.2) is 18.2 Å². The molecule has 2 N–H and O–H groups in total. The van der Waals surface area contributed by atoms with Crippen LogP contribution in [0.2, 0.25) is 0 Å². The van der Waals surface area contributed by atoms with Crippen molar-refractivity contribution in [1.82, 2.24) is 10.3 Å². The maximum Gasteiger partial charge on any atom is 0.227 e. The van der Waals surface area contributed by atoms with Gasteiger partial charge in [0.05, 0.1) is 23.4 Å². The Labute approximate surface area is 157 Å². The summed E-state index contributed by atoms with van der Waals surface area (Å²) in [5.74, 6) is 0.251. The first-order chi connectivity index (χ1) is 11.8. The summed E-state index contributed by atoms with van der Waals surface area (Å²) in [4.78, 5) is 19.4. The Bertz CT molecular complexity index is 727. The van der Waals surface area contributed by atoms with Crippen LogP contribution in [0.25, 0.3) is 10.2 Å². The largest absolute Gasteiger partial charge is 0.378 e. The number of fused-ring (bicyclic) bond motifs is 1. The van der Waals surface area contributed by atoms with Gasteiger partial charge in [0.1, 0.15) is 0 Å². The number of nitrogens with one attached hydrogen (secondary N) is 2. The van der Waals surface area contributed by atoms with Gasteiger partial charge in [0, 0.05) is 24.7 Å². The van der Waals surface area contributed by atoms with Gasteiger partial charge in [-0.1, -0.05) is 11.3 Å². The number of benzene rings is 1. The first-order valence-electron chi connectivity index (χ1n) is 8.54. The fraction of sp³-hybridized carbons (Fsp3) is 0.529. The summed E-state index contributed by atoms with van der Waals surface area (Å²) in [6, 6.07) is 5.98. The number of ether oxygens (including phenoxy) is 1. The molecule has 1 amide bonds. The molecule has 0 radical (unpaired) electrons. The van der Waals surface area contributed by atoms with Gasteiger partial charge in [-0.2, -0.15) is 0 Å². The van der Waals surface area contributed by atoms with Crippen molar-refractivity contribution in [3.63, 3.8) is 0 Å². The molecule has 3 heterocycles. The van der Waals surface area contributed by atoms with Crippen LogP contribution in [0.4, 0.5) is 10.8 Å². The van der Waals surface area contributed by atoms with Crippen molar-refractivity contribution in [1.29, 1.82) is 0 Å². The summed E-state index contributed by atoms with van der Waals surface area (Å²) in [5, 5.41) is 7.40. The summed E-state index contributed by atoms with van der Waals surface area (Å²) in [6.45, 7) is 5.14. The molecule has 4 rings (SSSR count). The third kappa shape index (κ3) is 4.23. The second-order valence-corrected chi connectivity index (χ2v) is 7.30. The third-order valence-electron chi connectivity index (χ3n) is 4.64. The number of carbonyl (C=O) groups excluding carboxylic acids is 1. The zero-order valence-electron chi connectivity index (χ0n) is 14.0. The first kappa shape index (κ1) is 18.4. The molecule has 0 unspecified atom stereocenters. The van der Waals surface area contributed by atoms with Crippen molar-refractivity contribution < 1.29 is 9.53 Å². The van der Waals surface area contributed by atoms with E-state index in [-0.39, 0.29) is 24.2 Å². The van der Waals surface area contributed by atoms with E-state index >= 15 is 0 Å². The van der Waals surface area contributed by atoms with Crippen LogP contribution >= 0.6 is 23.7 Å². The van der Waals surface area contributed by atoms with Crippen molar-refractivity contribution in [2.75, 3.05) is 49.6 Å². The molecule has 8 heteroatoms. The van der Waals surface area contributed by atoms with Crippen LogP contribution in [-0.4, -0.2) is 50.3 Å². The zero-order valence-corrected chi connectivity index (χ0v) is 15.6. The molecule has 0 spiro atoms. The minimum Gasteiger partial charge on any atom is -0.378 e. The minimum absolute atomic E-state index is 0. The third-order valence-corrected chi connectivity index (χ3v) is 5.72. The number of halogens is 1. The minimum atomic E-state index is 0. The second kappa shape index (κ2) is 8.31. The highest BCUT2D eigenvalue weighted by Crippen LogP contribution is 2.31. The molecule has 1 aromatic heterocycles. The summed E-state index contributed by atoms with van der Waals surface area (Å²) < 4.78 is 6.51. The Morgan fingerprint density at radius 1 is 1.28 bits per heavy atom. The molecule has 2 fully saturated rings. The van der Waals surface area contributed by atoms with Crippen molar-refractivity contribution in [3.8, 4) is 0 Å². The molecule has 2 saturated heterocycles. The van der Waals surface area contributed by atoms with Gasteiger partial charge in [-0.05, 0) is 44.1 Å². The quantitative estimate of drug-likeness (QED) is 0.853. The Morgan fingerprint density at radius 2 is 2.04 bits per heavy atom. The number of nitrogens with zero attached hydrogens (tertiary/aromatic N) is 2. The number of aromatic nitrogens is 1. The SMILES string of the molecule is Cl.O=C(Nc1ccc2nc(N3CCOCC3)sc2c1)C1CCNCC1. The Hall–Kier alpha value is -1.41. The number of amides is 1. The molecule has 0 aliphatic carbocycles. The number of thiazole rings is 1. The lowest BCUT2D eigenvalue weighted by Gasteiger charge is -2.25. The van der Waals surface area contributed by atoms with Crippen molar-refractivity contribution >= 4 is 50.7 Å². The molecule has 25 heavy (non-hydrogen) atoms. The van der Waals surface area contributed by atoms with Gasteiger partial charge in [0.2, 0.25) is 5.91 Å². The maximum absolute atomic E-state index is 12.4. The van der Waals surface area contributed by atoms with Gasteiger partial charge in [-0.3, -0.25) is 4.79 Å². The lowest BCUT2D eigenvalue weighted by molar-refractivity contribution is -0.120. The van der Waals surface area contributed by atoms with Crippen LogP contribution in [0, 0.1) is 5.92 Å². The number of rotatable bonds is 3. The van der Waals surface area contributed by atoms with Gasteiger partial charge >= 0.3 is 0 Å². The monoisotopic (exact) mass is 382 g/mol. The highest BCUT2D eigenvalue weighted by Gasteiger charge is 2.21. The molecule has 6 nitrogen and oxygen atoms in total. The molecule has 136 valence electrons. The summed E-state index contributed by atoms with van der Waals surface area (Å²) in [7, 11) is 0. The van der Waals surface area contributed by atoms with E-state index in [1.54, 1.807) is 11.3 Å². The van der Waals surface area contributed by atoms with E-state index in [1.165, 1.54) is 0 Å². The Kier molecular flexibility index (Phi) is 6.11. The van der Waals surface area contributed by atoms with Crippen LogP contribution in [0.5, 0.6) is 0 Å². The number of hydrogen-bond acceptors (Lipinski definition) is 6. The second-order valence-electron chi connectivity index (χ2n) is 6.29. The zero-order chi connectivity index (χ0) is 16.4. The van der Waals surface area contributed by atoms with Crippen LogP contribution in [0.3, 0.4) is 0 Å². The molecule has 2 aliphatic heterocycles. The lowest BCUT2D eigenvalue weighted by Crippen LogP contribution is -2.36. The topological polar surface area (TPSA) is 66.5 Å². The average molecular weight is 383 g/mol. The van der Waals surface area contributed by atoms with Crippen LogP contribution in [0.1, 0.15) is 12.8 Å². The molecular weight excluding hydrogens is 360 g/mol. The fourth-order valence-electron chi connectivity index (χ4n) is 3.21. The predicted octanol–water partition coefficient (Wildman–Crippen LogP) is 2.49. The number of piperidine rings is 1. The molecule has 1 aromatic carbocycles. The van der Waals surface area contributed by atoms with Crippen LogP contribution < -0.4 is 15.5 Å². The summed E-state index contributed by atoms with van der Waals surface area (Å²) >= 11 is 1.68. The molecule has 2 aliphatic rings. The number of morpholine rings is 1. The highest BCUT2D eigenvalue weighted by atomic mass is 35.5. The van der Waals surface area contributed by atoms with Gasteiger partial charge in [-0.25, -0.2) is 4.98 Å². The van der Waals surface area contributed by atoms with Crippen LogP contribution in [-0.2, 0) is 9.53 Å². The van der Waals surface area contributed by atoms with Crippen molar-refractivity contribution in [3.05, 3.63) is 18.2 Å². The van der Waals surface area contributed by atoms with Gasteiger partial charge in [0.25, 0.3) is 0 Å². The van der Waals surface area contributed by atoms with Crippen molar-refractivity contribution in [2.24, 2.45) is 5.92 Å². The van der Waals surface area contributed by atoms with E-state index in [0.717, 1.165) is 73.3 Å². The van der Waals surface area contributed by atoms with Gasteiger partial charge < -0.3 is 20.3 Å². The smallest absolute Gasteiger partial charge is 0.227 e. The molecular formula is C17H23ClN4O2S. The molecule has 0 bridgehead atoms. The molecule has 0 atom stereocenters. The van der Waals surface area contributed by atoms with E-state index in [9.17, 15) is 4.79 Å². The maximum atomic E-state index is 12.4. The first-order valence-corrected chi connectivity index (χ1v) is 9.36. The average Bonchev–Trinajstić information content (AvgIpc) is 3.06. The van der Waals surface area contributed by atoms with Crippen molar-refractivity contribution in [2.45, 2.75) is 12.8 Å². The normalized spacial score (nSPS) is 18.8. The molecule has 0 saturated carbocycles.